The van der Waals surface area contributed by atoms with Crippen LogP contribution in [0.1, 0.15) is 35.3 Å². The Kier molecular flexibility index (Phi) is 5.96. The number of nitrogens with zero attached hydrogens (tertiary/aromatic N) is 2. The lowest BCUT2D eigenvalue weighted by atomic mass is 9.97. The van der Waals surface area contributed by atoms with E-state index < -0.39 is 0 Å². The van der Waals surface area contributed by atoms with E-state index in [9.17, 15) is 4.79 Å². The van der Waals surface area contributed by atoms with Gasteiger partial charge in [0.1, 0.15) is 0 Å². The van der Waals surface area contributed by atoms with E-state index in [1.54, 1.807) is 6.20 Å². The van der Waals surface area contributed by atoms with Crippen LogP contribution >= 0.6 is 11.6 Å². The van der Waals surface area contributed by atoms with Gasteiger partial charge in [-0.2, -0.15) is 0 Å². The molecule has 4 rings (SSSR count). The number of rotatable bonds is 7. The first-order chi connectivity index (χ1) is 14.1. The van der Waals surface area contributed by atoms with Gasteiger partial charge in [0.15, 0.2) is 0 Å². The highest BCUT2D eigenvalue weighted by Gasteiger charge is 2.36. The number of aromatic nitrogens is 1. The summed E-state index contributed by atoms with van der Waals surface area (Å²) in [5, 5.41) is 0.650. The van der Waals surface area contributed by atoms with Gasteiger partial charge in [-0.25, -0.2) is 0 Å². The first-order valence-electron chi connectivity index (χ1n) is 10.2. The molecular formula is C25H25ClN2O. The van der Waals surface area contributed by atoms with Crippen molar-refractivity contribution in [3.8, 4) is 11.1 Å². The normalized spacial score (nSPS) is 14.4. The summed E-state index contributed by atoms with van der Waals surface area (Å²) >= 11 is 5.94. The summed E-state index contributed by atoms with van der Waals surface area (Å²) in [6, 6.07) is 22.1. The average molecular weight is 405 g/mol. The zero-order valence-electron chi connectivity index (χ0n) is 16.6. The third kappa shape index (κ3) is 4.68. The molecule has 4 heteroatoms. The molecule has 3 nitrogen and oxygen atoms in total. The quantitative estimate of drug-likeness (QED) is 0.492. The lowest BCUT2D eigenvalue weighted by Crippen LogP contribution is -2.39. The standard InChI is InChI=1S/C25H25ClN2O/c1-28(24(19-11-12-19)16-15-21-14-13-20(26)17-27-21)25(29)23-10-6-5-9-22(23)18-7-3-2-4-8-18/h2-10,13-14,17,19,24H,11-12,15-16H2,1H3/t24-/m1/s1. The van der Waals surface area contributed by atoms with Crippen molar-refractivity contribution >= 4 is 17.5 Å². The second-order valence-electron chi connectivity index (χ2n) is 7.74. The van der Waals surface area contributed by atoms with Gasteiger partial charge in [0.25, 0.3) is 5.91 Å². The van der Waals surface area contributed by atoms with Crippen molar-refractivity contribution in [2.24, 2.45) is 5.92 Å². The Morgan fingerprint density at radius 1 is 1.07 bits per heavy atom. The van der Waals surface area contributed by atoms with Crippen molar-refractivity contribution < 1.29 is 4.79 Å². The number of amides is 1. The van der Waals surface area contributed by atoms with Crippen LogP contribution in [0.25, 0.3) is 11.1 Å². The van der Waals surface area contributed by atoms with Crippen molar-refractivity contribution in [1.29, 1.82) is 0 Å². The zero-order valence-corrected chi connectivity index (χ0v) is 17.3. The molecule has 0 unspecified atom stereocenters. The molecule has 0 saturated heterocycles. The van der Waals surface area contributed by atoms with Crippen molar-refractivity contribution in [2.45, 2.75) is 31.7 Å². The van der Waals surface area contributed by atoms with E-state index >= 15 is 0 Å². The summed E-state index contributed by atoms with van der Waals surface area (Å²) in [5.41, 5.74) is 3.83. The Morgan fingerprint density at radius 2 is 1.79 bits per heavy atom. The average Bonchev–Trinajstić information content (AvgIpc) is 3.60. The lowest BCUT2D eigenvalue weighted by Gasteiger charge is -2.29. The lowest BCUT2D eigenvalue weighted by molar-refractivity contribution is 0.0704. The van der Waals surface area contributed by atoms with Crippen LogP contribution in [0.4, 0.5) is 0 Å². The van der Waals surface area contributed by atoms with Crippen molar-refractivity contribution in [1.82, 2.24) is 9.88 Å². The SMILES string of the molecule is CN(C(=O)c1ccccc1-c1ccccc1)[C@H](CCc1ccc(Cl)cn1)C1CC1. The van der Waals surface area contributed by atoms with Crippen LogP contribution in [0.5, 0.6) is 0 Å². The Bertz CT molecular complexity index is 968. The third-order valence-corrected chi connectivity index (χ3v) is 5.93. The molecule has 0 spiro atoms. The van der Waals surface area contributed by atoms with Gasteiger partial charge in [-0.15, -0.1) is 0 Å². The van der Waals surface area contributed by atoms with Crippen LogP contribution in [0.15, 0.2) is 72.9 Å². The van der Waals surface area contributed by atoms with Crippen LogP contribution in [0.3, 0.4) is 0 Å². The van der Waals surface area contributed by atoms with E-state index in [4.69, 9.17) is 11.6 Å². The number of hydrogen-bond acceptors (Lipinski definition) is 2. The maximum atomic E-state index is 13.5. The molecular weight excluding hydrogens is 380 g/mol. The molecule has 1 aliphatic rings. The number of hydrogen-bond donors (Lipinski definition) is 0. The van der Waals surface area contributed by atoms with E-state index in [-0.39, 0.29) is 11.9 Å². The Morgan fingerprint density at radius 3 is 2.48 bits per heavy atom. The number of carbonyl (C=O) groups excluding carboxylic acids is 1. The number of benzene rings is 2. The minimum atomic E-state index is 0.0884. The molecule has 1 heterocycles. The fourth-order valence-corrected chi connectivity index (χ4v) is 4.07. The Labute approximate surface area is 177 Å². The van der Waals surface area contributed by atoms with Crippen LogP contribution in [-0.4, -0.2) is 28.9 Å². The molecule has 0 aliphatic heterocycles. The van der Waals surface area contributed by atoms with E-state index in [0.717, 1.165) is 35.2 Å². The molecule has 1 fully saturated rings. The molecule has 1 amide bonds. The number of carbonyl (C=O) groups is 1. The first-order valence-corrected chi connectivity index (χ1v) is 10.5. The molecule has 2 aromatic carbocycles. The summed E-state index contributed by atoms with van der Waals surface area (Å²) in [5.74, 6) is 0.672. The molecule has 3 aromatic rings. The second-order valence-corrected chi connectivity index (χ2v) is 8.18. The second kappa shape index (κ2) is 8.79. The number of pyridine rings is 1. The van der Waals surface area contributed by atoms with Gasteiger partial charge >= 0.3 is 0 Å². The van der Waals surface area contributed by atoms with Crippen molar-refractivity contribution in [3.05, 3.63) is 89.2 Å². The van der Waals surface area contributed by atoms with E-state index in [1.165, 1.54) is 12.8 Å². The van der Waals surface area contributed by atoms with E-state index in [0.29, 0.717) is 10.9 Å². The maximum Gasteiger partial charge on any atom is 0.254 e. The highest BCUT2D eigenvalue weighted by molar-refractivity contribution is 6.30. The summed E-state index contributed by atoms with van der Waals surface area (Å²) in [4.78, 5) is 19.8. The molecule has 1 aromatic heterocycles. The summed E-state index contributed by atoms with van der Waals surface area (Å²) in [6.45, 7) is 0. The first kappa shape index (κ1) is 19.7. The topological polar surface area (TPSA) is 33.2 Å². The molecule has 148 valence electrons. The zero-order chi connectivity index (χ0) is 20.2. The van der Waals surface area contributed by atoms with Gasteiger partial charge in [-0.05, 0) is 60.9 Å². The van der Waals surface area contributed by atoms with Gasteiger partial charge in [-0.3, -0.25) is 9.78 Å². The molecule has 1 saturated carbocycles. The largest absolute Gasteiger partial charge is 0.338 e. The third-order valence-electron chi connectivity index (χ3n) is 5.71. The van der Waals surface area contributed by atoms with Gasteiger partial charge in [0.05, 0.1) is 5.02 Å². The smallest absolute Gasteiger partial charge is 0.254 e. The van der Waals surface area contributed by atoms with Gasteiger partial charge < -0.3 is 4.90 Å². The van der Waals surface area contributed by atoms with Crippen LogP contribution in [0.2, 0.25) is 5.02 Å². The molecule has 1 aliphatic carbocycles. The highest BCUT2D eigenvalue weighted by Crippen LogP contribution is 2.38. The molecule has 0 N–H and O–H groups in total. The van der Waals surface area contributed by atoms with Gasteiger partial charge in [-0.1, -0.05) is 60.1 Å². The van der Waals surface area contributed by atoms with Gasteiger partial charge in [0, 0.05) is 30.5 Å². The van der Waals surface area contributed by atoms with Crippen molar-refractivity contribution in [2.75, 3.05) is 7.05 Å². The van der Waals surface area contributed by atoms with Gasteiger partial charge in [0.2, 0.25) is 0 Å². The van der Waals surface area contributed by atoms with Crippen LogP contribution in [0, 0.1) is 5.92 Å². The predicted molar refractivity (Wildman–Crippen MR) is 118 cm³/mol. The Hall–Kier alpha value is -2.65. The summed E-state index contributed by atoms with van der Waals surface area (Å²) in [7, 11) is 1.95. The van der Waals surface area contributed by atoms with Crippen molar-refractivity contribution in [3.63, 3.8) is 0 Å². The van der Waals surface area contributed by atoms with Crippen LogP contribution < -0.4 is 0 Å². The minimum Gasteiger partial charge on any atom is -0.338 e. The predicted octanol–water partition coefficient (Wildman–Crippen LogP) is 5.89. The fraction of sp³-hybridized carbons (Fsp3) is 0.280. The highest BCUT2D eigenvalue weighted by atomic mass is 35.5. The maximum absolute atomic E-state index is 13.5. The molecule has 0 radical (unpaired) electrons. The monoisotopic (exact) mass is 404 g/mol. The minimum absolute atomic E-state index is 0.0884. The fourth-order valence-electron chi connectivity index (χ4n) is 3.96. The molecule has 29 heavy (non-hydrogen) atoms. The number of halogens is 1. The summed E-state index contributed by atoms with van der Waals surface area (Å²) in [6.07, 6.45) is 5.83. The van der Waals surface area contributed by atoms with E-state index in [2.05, 4.69) is 17.1 Å². The molecule has 1 atom stereocenters. The van der Waals surface area contributed by atoms with E-state index in [1.807, 2.05) is 66.5 Å². The summed E-state index contributed by atoms with van der Waals surface area (Å²) < 4.78 is 0. The number of aryl methyl sites for hydroxylation is 1. The Balaban J connectivity index is 1.53. The molecule has 0 bridgehead atoms. The van der Waals surface area contributed by atoms with Crippen LogP contribution in [-0.2, 0) is 6.42 Å².